The Bertz CT molecular complexity index is 458. The van der Waals surface area contributed by atoms with Crippen molar-refractivity contribution in [3.8, 4) is 5.75 Å². The van der Waals surface area contributed by atoms with Gasteiger partial charge in [0.15, 0.2) is 0 Å². The minimum Gasteiger partial charge on any atom is -0.495 e. The zero-order valence-electron chi connectivity index (χ0n) is 10.3. The molecule has 5 heteroatoms. The van der Waals surface area contributed by atoms with Gasteiger partial charge in [0.25, 0.3) is 0 Å². The monoisotopic (exact) mass is 268 g/mol. The van der Waals surface area contributed by atoms with Crippen LogP contribution in [-0.4, -0.2) is 18.6 Å². The van der Waals surface area contributed by atoms with E-state index < -0.39 is 0 Å². The van der Waals surface area contributed by atoms with Crippen LogP contribution < -0.4 is 15.8 Å². The summed E-state index contributed by atoms with van der Waals surface area (Å²) in [4.78, 5) is 11.9. The number of anilines is 1. The Labute approximate surface area is 111 Å². The van der Waals surface area contributed by atoms with Gasteiger partial charge in [-0.3, -0.25) is 4.79 Å². The van der Waals surface area contributed by atoms with Gasteiger partial charge >= 0.3 is 0 Å². The normalized spacial score (nSPS) is 16.8. The van der Waals surface area contributed by atoms with Gasteiger partial charge in [-0.15, -0.1) is 0 Å². The highest BCUT2D eigenvalue weighted by atomic mass is 35.5. The molecule has 0 bridgehead atoms. The lowest BCUT2D eigenvalue weighted by Crippen LogP contribution is -2.48. The molecule has 0 heterocycles. The Morgan fingerprint density at radius 2 is 2.28 bits per heavy atom. The predicted octanol–water partition coefficient (Wildman–Crippen LogP) is 2.56. The topological polar surface area (TPSA) is 64.3 Å². The summed E-state index contributed by atoms with van der Waals surface area (Å²) >= 11 is 5.90. The summed E-state index contributed by atoms with van der Waals surface area (Å²) in [6, 6.07) is 5.11. The molecule has 0 aliphatic heterocycles. The zero-order chi connectivity index (χ0) is 13.2. The number of hydrogen-bond acceptors (Lipinski definition) is 3. The molecule has 2 rings (SSSR count). The average Bonchev–Trinajstić information content (AvgIpc) is 2.27. The fraction of sp³-hybridized carbons (Fsp3) is 0.462. The van der Waals surface area contributed by atoms with Crippen molar-refractivity contribution >= 4 is 23.2 Å². The van der Waals surface area contributed by atoms with Crippen molar-refractivity contribution in [2.24, 2.45) is 5.73 Å². The third-order valence-electron chi connectivity index (χ3n) is 3.30. The highest BCUT2D eigenvalue weighted by Gasteiger charge is 2.34. The number of nitrogens with two attached hydrogens (primary N) is 1. The second-order valence-electron chi connectivity index (χ2n) is 4.79. The lowest BCUT2D eigenvalue weighted by atomic mass is 9.75. The molecule has 1 saturated carbocycles. The predicted molar refractivity (Wildman–Crippen MR) is 72.0 cm³/mol. The number of carbonyl (C=O) groups is 1. The summed E-state index contributed by atoms with van der Waals surface area (Å²) in [6.45, 7) is 0. The molecule has 0 radical (unpaired) electrons. The van der Waals surface area contributed by atoms with E-state index in [0.717, 1.165) is 19.3 Å². The molecular formula is C13H17ClN2O2. The number of amides is 1. The maximum absolute atomic E-state index is 11.9. The standard InChI is InChI=1S/C13H17ClN2O2/c1-18-11-4-3-9(14)7-10(11)16-12(17)8-13(15)5-2-6-13/h3-4,7H,2,5-6,8,15H2,1H3,(H,16,17). The fourth-order valence-electron chi connectivity index (χ4n) is 2.10. The first-order valence-electron chi connectivity index (χ1n) is 5.95. The van der Waals surface area contributed by atoms with E-state index >= 15 is 0 Å². The summed E-state index contributed by atoms with van der Waals surface area (Å²) < 4.78 is 5.17. The van der Waals surface area contributed by atoms with E-state index in [0.29, 0.717) is 22.9 Å². The van der Waals surface area contributed by atoms with Crippen LogP contribution in [0, 0.1) is 0 Å². The summed E-state index contributed by atoms with van der Waals surface area (Å²) in [5, 5.41) is 3.35. The molecule has 4 nitrogen and oxygen atoms in total. The lowest BCUT2D eigenvalue weighted by molar-refractivity contribution is -0.118. The van der Waals surface area contributed by atoms with Gasteiger partial charge in [0.2, 0.25) is 5.91 Å². The number of hydrogen-bond donors (Lipinski definition) is 2. The molecule has 0 saturated heterocycles. The third kappa shape index (κ3) is 2.94. The van der Waals surface area contributed by atoms with E-state index in [1.54, 1.807) is 25.3 Å². The molecule has 0 spiro atoms. The van der Waals surface area contributed by atoms with Crippen LogP contribution in [-0.2, 0) is 4.79 Å². The van der Waals surface area contributed by atoms with Crippen molar-refractivity contribution in [1.29, 1.82) is 0 Å². The molecule has 1 aromatic rings. The van der Waals surface area contributed by atoms with Gasteiger partial charge in [0, 0.05) is 17.0 Å². The van der Waals surface area contributed by atoms with Crippen molar-refractivity contribution in [1.82, 2.24) is 0 Å². The van der Waals surface area contributed by atoms with Crippen molar-refractivity contribution < 1.29 is 9.53 Å². The molecule has 3 N–H and O–H groups in total. The van der Waals surface area contributed by atoms with Gasteiger partial charge in [0.05, 0.1) is 12.8 Å². The molecular weight excluding hydrogens is 252 g/mol. The van der Waals surface area contributed by atoms with E-state index in [9.17, 15) is 4.79 Å². The summed E-state index contributed by atoms with van der Waals surface area (Å²) in [5.41, 5.74) is 6.30. The first kappa shape index (κ1) is 13.2. The lowest BCUT2D eigenvalue weighted by Gasteiger charge is -2.37. The summed E-state index contributed by atoms with van der Waals surface area (Å²) in [7, 11) is 1.55. The molecule has 1 aliphatic carbocycles. The van der Waals surface area contributed by atoms with Crippen LogP contribution in [0.2, 0.25) is 5.02 Å². The van der Waals surface area contributed by atoms with E-state index in [1.807, 2.05) is 0 Å². The minimum atomic E-state index is -0.324. The smallest absolute Gasteiger partial charge is 0.226 e. The molecule has 1 fully saturated rings. The molecule has 18 heavy (non-hydrogen) atoms. The van der Waals surface area contributed by atoms with Crippen molar-refractivity contribution in [2.45, 2.75) is 31.2 Å². The number of methoxy groups -OCH3 is 1. The minimum absolute atomic E-state index is 0.0993. The van der Waals surface area contributed by atoms with Gasteiger partial charge in [-0.05, 0) is 37.5 Å². The van der Waals surface area contributed by atoms with Gasteiger partial charge in [-0.1, -0.05) is 11.6 Å². The van der Waals surface area contributed by atoms with Crippen LogP contribution in [0.5, 0.6) is 5.75 Å². The SMILES string of the molecule is COc1ccc(Cl)cc1NC(=O)CC1(N)CCC1. The Morgan fingerprint density at radius 3 is 2.83 bits per heavy atom. The van der Waals surface area contributed by atoms with Crippen LogP contribution in [0.3, 0.4) is 0 Å². The number of ether oxygens (including phenoxy) is 1. The van der Waals surface area contributed by atoms with Gasteiger partial charge in [-0.2, -0.15) is 0 Å². The number of benzene rings is 1. The molecule has 0 atom stereocenters. The summed E-state index contributed by atoms with van der Waals surface area (Å²) in [5.74, 6) is 0.491. The molecule has 0 unspecified atom stereocenters. The molecule has 1 aromatic carbocycles. The van der Waals surface area contributed by atoms with Crippen molar-refractivity contribution in [3.05, 3.63) is 23.2 Å². The van der Waals surface area contributed by atoms with Crippen LogP contribution >= 0.6 is 11.6 Å². The number of carbonyl (C=O) groups excluding carboxylic acids is 1. The molecule has 0 aromatic heterocycles. The molecule has 98 valence electrons. The van der Waals surface area contributed by atoms with Gasteiger partial charge in [0.1, 0.15) is 5.75 Å². The van der Waals surface area contributed by atoms with E-state index in [2.05, 4.69) is 5.32 Å². The fourth-order valence-corrected chi connectivity index (χ4v) is 2.27. The Morgan fingerprint density at radius 1 is 1.56 bits per heavy atom. The highest BCUT2D eigenvalue weighted by molar-refractivity contribution is 6.31. The van der Waals surface area contributed by atoms with Crippen LogP contribution in [0.25, 0.3) is 0 Å². The Hall–Kier alpha value is -1.26. The number of nitrogens with one attached hydrogen (secondary N) is 1. The number of rotatable bonds is 4. The first-order valence-corrected chi connectivity index (χ1v) is 6.32. The maximum atomic E-state index is 11.9. The van der Waals surface area contributed by atoms with E-state index in [4.69, 9.17) is 22.1 Å². The first-order chi connectivity index (χ1) is 8.52. The van der Waals surface area contributed by atoms with Crippen molar-refractivity contribution in [3.63, 3.8) is 0 Å². The van der Waals surface area contributed by atoms with Crippen LogP contribution in [0.1, 0.15) is 25.7 Å². The number of halogens is 1. The van der Waals surface area contributed by atoms with Gasteiger partial charge in [-0.25, -0.2) is 0 Å². The van der Waals surface area contributed by atoms with E-state index in [-0.39, 0.29) is 11.4 Å². The maximum Gasteiger partial charge on any atom is 0.226 e. The summed E-state index contributed by atoms with van der Waals surface area (Å²) in [6.07, 6.45) is 3.26. The highest BCUT2D eigenvalue weighted by Crippen LogP contribution is 2.33. The van der Waals surface area contributed by atoms with Gasteiger partial charge < -0.3 is 15.8 Å². The average molecular weight is 269 g/mol. The second-order valence-corrected chi connectivity index (χ2v) is 5.22. The Balaban J connectivity index is 2.04. The quantitative estimate of drug-likeness (QED) is 0.882. The Kier molecular flexibility index (Phi) is 3.78. The van der Waals surface area contributed by atoms with E-state index in [1.165, 1.54) is 0 Å². The van der Waals surface area contributed by atoms with Crippen LogP contribution in [0.15, 0.2) is 18.2 Å². The zero-order valence-corrected chi connectivity index (χ0v) is 11.1. The largest absolute Gasteiger partial charge is 0.495 e. The molecule has 1 aliphatic rings. The second kappa shape index (κ2) is 5.16. The third-order valence-corrected chi connectivity index (χ3v) is 3.53. The van der Waals surface area contributed by atoms with Crippen LogP contribution in [0.4, 0.5) is 5.69 Å². The van der Waals surface area contributed by atoms with Crippen molar-refractivity contribution in [2.75, 3.05) is 12.4 Å². The molecule has 1 amide bonds.